The average Bonchev–Trinajstić information content (AvgIpc) is 1.85. The first kappa shape index (κ1) is 9.92. The van der Waals surface area contributed by atoms with Gasteiger partial charge >= 0.3 is 0 Å². The maximum atomic E-state index is 2.36. The Morgan fingerprint density at radius 1 is 0.900 bits per heavy atom. The third-order valence-corrected chi connectivity index (χ3v) is 1.53. The van der Waals surface area contributed by atoms with Gasteiger partial charge in [0.1, 0.15) is 0 Å². The number of rotatable bonds is 5. The fourth-order valence-corrected chi connectivity index (χ4v) is 0.864. The van der Waals surface area contributed by atoms with E-state index in [9.17, 15) is 0 Å². The van der Waals surface area contributed by atoms with Crippen molar-refractivity contribution >= 4 is 0 Å². The van der Waals surface area contributed by atoms with Crippen LogP contribution in [-0.4, -0.2) is 50.6 Å². The molecule has 0 amide bonds. The van der Waals surface area contributed by atoms with Gasteiger partial charge in [0.25, 0.3) is 0 Å². The summed E-state index contributed by atoms with van der Waals surface area (Å²) in [7, 11) is 6.40. The Morgan fingerprint density at radius 2 is 1.50 bits per heavy atom. The van der Waals surface area contributed by atoms with E-state index in [1.54, 1.807) is 0 Å². The van der Waals surface area contributed by atoms with Gasteiger partial charge in [-0.25, -0.2) is 0 Å². The van der Waals surface area contributed by atoms with Gasteiger partial charge in [-0.1, -0.05) is 6.92 Å². The normalized spacial score (nSPS) is 11.4. The van der Waals surface area contributed by atoms with Crippen molar-refractivity contribution in [3.8, 4) is 0 Å². The third-order valence-electron chi connectivity index (χ3n) is 1.53. The van der Waals surface area contributed by atoms with Crippen LogP contribution in [0.4, 0.5) is 0 Å². The first-order valence-electron chi connectivity index (χ1n) is 4.00. The molecule has 0 N–H and O–H groups in total. The topological polar surface area (TPSA) is 6.48 Å². The van der Waals surface area contributed by atoms with Crippen LogP contribution in [0.1, 0.15) is 13.3 Å². The Hall–Kier alpha value is -0.0800. The molecule has 0 aromatic carbocycles. The minimum atomic E-state index is 1.16. The van der Waals surface area contributed by atoms with Crippen LogP contribution in [0.5, 0.6) is 0 Å². The first-order chi connectivity index (χ1) is 4.66. The highest BCUT2D eigenvalue weighted by molar-refractivity contribution is 4.51. The van der Waals surface area contributed by atoms with Gasteiger partial charge in [0.2, 0.25) is 0 Å². The van der Waals surface area contributed by atoms with E-state index in [0.717, 1.165) is 6.54 Å². The van der Waals surface area contributed by atoms with Crippen LogP contribution in [0.3, 0.4) is 0 Å². The van der Waals surface area contributed by atoms with Crippen molar-refractivity contribution in [3.63, 3.8) is 0 Å². The molecule has 2 nitrogen and oxygen atoms in total. The van der Waals surface area contributed by atoms with Gasteiger partial charge in [0.05, 0.1) is 0 Å². The summed E-state index contributed by atoms with van der Waals surface area (Å²) in [6.45, 7) is 5.78. The fraction of sp³-hybridized carbons (Fsp3) is 1.00. The van der Waals surface area contributed by atoms with Crippen molar-refractivity contribution in [1.29, 1.82) is 0 Å². The molecule has 0 heterocycles. The Balaban J connectivity index is 3.12. The van der Waals surface area contributed by atoms with Crippen LogP contribution < -0.4 is 0 Å². The van der Waals surface area contributed by atoms with E-state index in [1.165, 1.54) is 19.5 Å². The molecule has 0 radical (unpaired) electrons. The van der Waals surface area contributed by atoms with Gasteiger partial charge < -0.3 is 9.80 Å². The lowest BCUT2D eigenvalue weighted by molar-refractivity contribution is 0.282. The molecule has 0 aliphatic rings. The zero-order chi connectivity index (χ0) is 7.98. The summed E-state index contributed by atoms with van der Waals surface area (Å²) >= 11 is 0. The number of nitrogens with zero attached hydrogens (tertiary/aromatic N) is 2. The molecule has 0 rings (SSSR count). The zero-order valence-electron chi connectivity index (χ0n) is 7.72. The lowest BCUT2D eigenvalue weighted by Gasteiger charge is -2.17. The molecule has 0 aromatic rings. The fourth-order valence-electron chi connectivity index (χ4n) is 0.864. The van der Waals surface area contributed by atoms with Crippen LogP contribution in [0, 0.1) is 0 Å². The summed E-state index contributed by atoms with van der Waals surface area (Å²) in [6.07, 6.45) is 1.25. The summed E-state index contributed by atoms with van der Waals surface area (Å²) in [4.78, 5) is 4.58. The smallest absolute Gasteiger partial charge is 0.0106 e. The van der Waals surface area contributed by atoms with Crippen LogP contribution in [-0.2, 0) is 0 Å². The average molecular weight is 144 g/mol. The maximum absolute atomic E-state index is 2.36. The molecule has 2 heteroatoms. The van der Waals surface area contributed by atoms with Crippen molar-refractivity contribution in [2.45, 2.75) is 13.3 Å². The molecule has 0 saturated heterocycles. The van der Waals surface area contributed by atoms with E-state index in [0.29, 0.717) is 0 Å². The second-order valence-corrected chi connectivity index (χ2v) is 3.11. The van der Waals surface area contributed by atoms with Crippen LogP contribution in [0.15, 0.2) is 0 Å². The molecular weight excluding hydrogens is 124 g/mol. The van der Waals surface area contributed by atoms with E-state index >= 15 is 0 Å². The molecule has 0 atom stereocenters. The lowest BCUT2D eigenvalue weighted by Crippen LogP contribution is -2.29. The molecule has 0 saturated carbocycles. The highest BCUT2D eigenvalue weighted by atomic mass is 15.1. The van der Waals surface area contributed by atoms with Crippen molar-refractivity contribution < 1.29 is 0 Å². The largest absolute Gasteiger partial charge is 0.308 e. The summed E-state index contributed by atoms with van der Waals surface area (Å²) in [5.74, 6) is 0. The molecule has 0 spiro atoms. The molecule has 0 unspecified atom stereocenters. The van der Waals surface area contributed by atoms with Gasteiger partial charge in [-0.2, -0.15) is 0 Å². The summed E-state index contributed by atoms with van der Waals surface area (Å²) in [6, 6.07) is 0. The minimum absolute atomic E-state index is 1.16. The predicted octanol–water partition coefficient (Wildman–Crippen LogP) is 0.890. The predicted molar refractivity (Wildman–Crippen MR) is 46.3 cm³/mol. The third kappa shape index (κ3) is 6.05. The van der Waals surface area contributed by atoms with Gasteiger partial charge in [0.15, 0.2) is 0 Å². The van der Waals surface area contributed by atoms with E-state index in [4.69, 9.17) is 0 Å². The first-order valence-corrected chi connectivity index (χ1v) is 4.00. The van der Waals surface area contributed by atoms with Crippen molar-refractivity contribution in [3.05, 3.63) is 0 Å². The maximum Gasteiger partial charge on any atom is 0.0106 e. The Labute approximate surface area is 64.8 Å². The van der Waals surface area contributed by atoms with Gasteiger partial charge in [-0.05, 0) is 34.1 Å². The molecule has 0 fully saturated rings. The Kier molecular flexibility index (Phi) is 5.64. The van der Waals surface area contributed by atoms with E-state index in [2.05, 4.69) is 37.9 Å². The van der Waals surface area contributed by atoms with Crippen LogP contribution in [0.2, 0.25) is 0 Å². The van der Waals surface area contributed by atoms with Gasteiger partial charge in [0, 0.05) is 13.1 Å². The van der Waals surface area contributed by atoms with Crippen LogP contribution >= 0.6 is 0 Å². The SMILES string of the molecule is CCCN(C)CCN(C)C. The monoisotopic (exact) mass is 144 g/mol. The van der Waals surface area contributed by atoms with Gasteiger partial charge in [-0.3, -0.25) is 0 Å². The molecular formula is C8H20N2. The standard InChI is InChI=1S/C8H20N2/c1-5-6-10(4)8-7-9(2)3/h5-8H2,1-4H3. The quantitative estimate of drug-likeness (QED) is 0.565. The minimum Gasteiger partial charge on any atom is -0.308 e. The Bertz CT molecular complexity index is 71.7. The Morgan fingerprint density at radius 3 is 1.90 bits per heavy atom. The van der Waals surface area contributed by atoms with Crippen molar-refractivity contribution in [1.82, 2.24) is 9.80 Å². The van der Waals surface area contributed by atoms with Crippen molar-refractivity contribution in [2.75, 3.05) is 40.8 Å². The summed E-state index contributed by atoms with van der Waals surface area (Å²) < 4.78 is 0. The number of hydrogen-bond acceptors (Lipinski definition) is 2. The summed E-state index contributed by atoms with van der Waals surface area (Å²) in [5, 5.41) is 0. The van der Waals surface area contributed by atoms with E-state index in [-0.39, 0.29) is 0 Å². The summed E-state index contributed by atoms with van der Waals surface area (Å²) in [5.41, 5.74) is 0. The second-order valence-electron chi connectivity index (χ2n) is 3.11. The van der Waals surface area contributed by atoms with Gasteiger partial charge in [-0.15, -0.1) is 0 Å². The van der Waals surface area contributed by atoms with E-state index < -0.39 is 0 Å². The highest BCUT2D eigenvalue weighted by Gasteiger charge is 1.95. The second kappa shape index (κ2) is 5.69. The molecule has 0 aliphatic heterocycles. The lowest BCUT2D eigenvalue weighted by atomic mass is 10.4. The number of likely N-dealkylation sites (N-methyl/N-ethyl adjacent to an activating group) is 2. The number of hydrogen-bond donors (Lipinski definition) is 0. The van der Waals surface area contributed by atoms with Crippen molar-refractivity contribution in [2.24, 2.45) is 0 Å². The highest BCUT2D eigenvalue weighted by Crippen LogP contribution is 1.85. The molecule has 10 heavy (non-hydrogen) atoms. The van der Waals surface area contributed by atoms with E-state index in [1.807, 2.05) is 0 Å². The van der Waals surface area contributed by atoms with Crippen LogP contribution in [0.25, 0.3) is 0 Å². The zero-order valence-corrected chi connectivity index (χ0v) is 7.72. The molecule has 0 bridgehead atoms. The molecule has 0 aromatic heterocycles. The molecule has 62 valence electrons. The molecule has 0 aliphatic carbocycles.